The number of benzene rings is 2. The first-order valence-electron chi connectivity index (χ1n) is 12.7. The van der Waals surface area contributed by atoms with Gasteiger partial charge in [0.15, 0.2) is 0 Å². The van der Waals surface area contributed by atoms with Crippen molar-refractivity contribution >= 4 is 0 Å². The maximum Gasteiger partial charge on any atom is 0.419 e. The zero-order chi connectivity index (χ0) is 26.2. The minimum absolute atomic E-state index is 0.0873. The number of ether oxygens (including phenoxy) is 2. The topological polar surface area (TPSA) is 54.0 Å². The summed E-state index contributed by atoms with van der Waals surface area (Å²) < 4.78 is 52.1. The molecule has 3 unspecified atom stereocenters. The average molecular weight is 509 g/mol. The van der Waals surface area contributed by atoms with Crippen LogP contribution in [0.5, 0.6) is 11.5 Å². The second kappa shape index (κ2) is 12.9. The zero-order valence-corrected chi connectivity index (χ0v) is 21.5. The Morgan fingerprint density at radius 3 is 2.33 bits per heavy atom. The van der Waals surface area contributed by atoms with Crippen molar-refractivity contribution in [2.45, 2.75) is 56.8 Å². The molecular weight excluding hydrogens is 469 g/mol. The molecule has 0 spiro atoms. The summed E-state index contributed by atoms with van der Waals surface area (Å²) in [6.07, 6.45) is -0.798. The third-order valence-corrected chi connectivity index (χ3v) is 7.17. The van der Waals surface area contributed by atoms with Crippen LogP contribution in [0.3, 0.4) is 0 Å². The Morgan fingerprint density at radius 1 is 1.06 bits per heavy atom. The van der Waals surface area contributed by atoms with Gasteiger partial charge in [0.2, 0.25) is 0 Å². The number of rotatable bonds is 12. The summed E-state index contributed by atoms with van der Waals surface area (Å²) >= 11 is 0. The third kappa shape index (κ3) is 7.00. The molecule has 200 valence electrons. The van der Waals surface area contributed by atoms with E-state index in [1.807, 2.05) is 13.1 Å². The number of para-hydroxylation sites is 2. The van der Waals surface area contributed by atoms with Gasteiger partial charge in [-0.25, -0.2) is 0 Å². The lowest BCUT2D eigenvalue weighted by atomic mass is 9.73. The number of unbranched alkanes of at least 4 members (excludes halogenated alkanes) is 1. The molecule has 3 rings (SSSR count). The fourth-order valence-corrected chi connectivity index (χ4v) is 5.24. The summed E-state index contributed by atoms with van der Waals surface area (Å²) in [5.74, 6) is -0.105. The minimum Gasteiger partial charge on any atom is -0.456 e. The standard InChI is InChI=1S/C28H39F3N2O3/c1-21(19-32-2)33-17-10-11-22(20-33)27(34,16-8-9-18-35-3)23-12-4-6-14-25(23)36-26-15-7-5-13-24(26)28(29,30)31/h4-7,12-15,21-22,32,34H,8-11,16-20H2,1-3H3. The highest BCUT2D eigenvalue weighted by atomic mass is 19.4. The first-order valence-corrected chi connectivity index (χ1v) is 12.7. The SMILES string of the molecule is CNCC(C)N1CCCC(C(O)(CCCCOC)c2ccccc2Oc2ccccc2C(F)(F)F)C1. The molecule has 2 N–H and O–H groups in total. The maximum absolute atomic E-state index is 13.6. The first-order chi connectivity index (χ1) is 17.2. The highest BCUT2D eigenvalue weighted by Crippen LogP contribution is 2.46. The van der Waals surface area contributed by atoms with Gasteiger partial charge in [0.05, 0.1) is 11.2 Å². The van der Waals surface area contributed by atoms with Crippen LogP contribution in [0.25, 0.3) is 0 Å². The van der Waals surface area contributed by atoms with Crippen LogP contribution in [0.2, 0.25) is 0 Å². The lowest BCUT2D eigenvalue weighted by molar-refractivity contribution is -0.138. The van der Waals surface area contributed by atoms with Gasteiger partial charge < -0.3 is 19.9 Å². The molecule has 0 saturated carbocycles. The van der Waals surface area contributed by atoms with E-state index in [1.165, 1.54) is 18.2 Å². The van der Waals surface area contributed by atoms with Crippen molar-refractivity contribution in [2.24, 2.45) is 5.92 Å². The Kier molecular flexibility index (Phi) is 10.2. The quantitative estimate of drug-likeness (QED) is 0.354. The smallest absolute Gasteiger partial charge is 0.419 e. The van der Waals surface area contributed by atoms with Crippen LogP contribution >= 0.6 is 0 Å². The number of likely N-dealkylation sites (tertiary alicyclic amines) is 1. The molecule has 1 aliphatic rings. The van der Waals surface area contributed by atoms with Crippen molar-refractivity contribution in [1.82, 2.24) is 10.2 Å². The van der Waals surface area contributed by atoms with Gasteiger partial charge in [0.1, 0.15) is 11.5 Å². The Balaban J connectivity index is 1.98. The number of nitrogens with one attached hydrogen (secondary N) is 1. The molecule has 1 aliphatic heterocycles. The summed E-state index contributed by atoms with van der Waals surface area (Å²) in [6.45, 7) is 5.26. The molecule has 36 heavy (non-hydrogen) atoms. The molecule has 0 aromatic heterocycles. The second-order valence-electron chi connectivity index (χ2n) is 9.71. The molecule has 3 atom stereocenters. The lowest BCUT2D eigenvalue weighted by Gasteiger charge is -2.45. The highest BCUT2D eigenvalue weighted by Gasteiger charge is 2.43. The fourth-order valence-electron chi connectivity index (χ4n) is 5.24. The summed E-state index contributed by atoms with van der Waals surface area (Å²) in [6, 6.07) is 12.5. The van der Waals surface area contributed by atoms with Crippen LogP contribution in [-0.2, 0) is 16.5 Å². The van der Waals surface area contributed by atoms with E-state index < -0.39 is 17.3 Å². The molecule has 0 aliphatic carbocycles. The molecular formula is C28H39F3N2O3. The largest absolute Gasteiger partial charge is 0.456 e. The maximum atomic E-state index is 13.6. The van der Waals surface area contributed by atoms with E-state index in [1.54, 1.807) is 25.3 Å². The van der Waals surface area contributed by atoms with Crippen LogP contribution in [-0.4, -0.2) is 56.4 Å². The van der Waals surface area contributed by atoms with E-state index in [-0.39, 0.29) is 17.4 Å². The van der Waals surface area contributed by atoms with E-state index in [9.17, 15) is 18.3 Å². The summed E-state index contributed by atoms with van der Waals surface area (Å²) in [4.78, 5) is 2.38. The summed E-state index contributed by atoms with van der Waals surface area (Å²) in [5, 5.41) is 15.6. The van der Waals surface area contributed by atoms with Gasteiger partial charge in [-0.1, -0.05) is 30.3 Å². The second-order valence-corrected chi connectivity index (χ2v) is 9.71. The fraction of sp³-hybridized carbons (Fsp3) is 0.571. The van der Waals surface area contributed by atoms with Crippen molar-refractivity contribution in [2.75, 3.05) is 40.4 Å². The molecule has 0 radical (unpaired) electrons. The molecule has 0 amide bonds. The number of methoxy groups -OCH3 is 1. The number of aliphatic hydroxyl groups is 1. The van der Waals surface area contributed by atoms with Crippen molar-refractivity contribution in [3.63, 3.8) is 0 Å². The van der Waals surface area contributed by atoms with E-state index in [4.69, 9.17) is 9.47 Å². The molecule has 1 saturated heterocycles. The predicted molar refractivity (Wildman–Crippen MR) is 135 cm³/mol. The van der Waals surface area contributed by atoms with Crippen LogP contribution in [0, 0.1) is 5.92 Å². The van der Waals surface area contributed by atoms with E-state index in [0.717, 1.165) is 44.8 Å². The molecule has 1 fully saturated rings. The van der Waals surface area contributed by atoms with E-state index >= 15 is 0 Å². The van der Waals surface area contributed by atoms with Gasteiger partial charge in [-0.05, 0) is 70.8 Å². The Morgan fingerprint density at radius 2 is 1.69 bits per heavy atom. The monoisotopic (exact) mass is 508 g/mol. The normalized spacial score (nSPS) is 19.6. The van der Waals surface area contributed by atoms with Gasteiger partial charge >= 0.3 is 6.18 Å². The predicted octanol–water partition coefficient (Wildman–Crippen LogP) is 5.82. The number of likely N-dealkylation sites (N-methyl/N-ethyl adjacent to an activating group) is 1. The minimum atomic E-state index is -4.55. The summed E-state index contributed by atoms with van der Waals surface area (Å²) in [7, 11) is 3.58. The molecule has 5 nitrogen and oxygen atoms in total. The third-order valence-electron chi connectivity index (χ3n) is 7.17. The van der Waals surface area contributed by atoms with Crippen LogP contribution in [0.1, 0.15) is 50.2 Å². The van der Waals surface area contributed by atoms with Gasteiger partial charge in [-0.2, -0.15) is 13.2 Å². The van der Waals surface area contributed by atoms with Crippen LogP contribution < -0.4 is 10.1 Å². The number of hydrogen-bond acceptors (Lipinski definition) is 5. The Hall–Kier alpha value is -2.13. The Labute approximate surface area is 212 Å². The van der Waals surface area contributed by atoms with E-state index in [0.29, 0.717) is 31.2 Å². The van der Waals surface area contributed by atoms with Crippen molar-refractivity contribution in [3.8, 4) is 11.5 Å². The first kappa shape index (κ1) is 28.4. The van der Waals surface area contributed by atoms with Crippen LogP contribution in [0.4, 0.5) is 13.2 Å². The molecule has 2 aromatic rings. The van der Waals surface area contributed by atoms with Crippen molar-refractivity contribution < 1.29 is 27.8 Å². The number of halogens is 3. The van der Waals surface area contributed by atoms with Crippen LogP contribution in [0.15, 0.2) is 48.5 Å². The number of alkyl halides is 3. The zero-order valence-electron chi connectivity index (χ0n) is 21.5. The lowest BCUT2D eigenvalue weighted by Crippen LogP contribution is -2.50. The van der Waals surface area contributed by atoms with E-state index in [2.05, 4.69) is 17.1 Å². The Bertz CT molecular complexity index is 956. The highest BCUT2D eigenvalue weighted by molar-refractivity contribution is 5.45. The molecule has 8 heteroatoms. The average Bonchev–Trinajstić information content (AvgIpc) is 2.87. The number of hydrogen-bond donors (Lipinski definition) is 2. The number of piperidine rings is 1. The molecule has 1 heterocycles. The van der Waals surface area contributed by atoms with Gasteiger partial charge in [-0.3, -0.25) is 4.90 Å². The summed E-state index contributed by atoms with van der Waals surface area (Å²) in [5.41, 5.74) is -1.56. The van der Waals surface area contributed by atoms with Gasteiger partial charge in [0.25, 0.3) is 0 Å². The van der Waals surface area contributed by atoms with Crippen molar-refractivity contribution in [1.29, 1.82) is 0 Å². The van der Waals surface area contributed by atoms with Crippen molar-refractivity contribution in [3.05, 3.63) is 59.7 Å². The number of nitrogens with zero attached hydrogens (tertiary/aromatic N) is 1. The molecule has 2 aromatic carbocycles. The van der Waals surface area contributed by atoms with Gasteiger partial charge in [0, 0.05) is 44.3 Å². The molecule has 0 bridgehead atoms. The van der Waals surface area contributed by atoms with Gasteiger partial charge in [-0.15, -0.1) is 0 Å².